The van der Waals surface area contributed by atoms with Crippen molar-refractivity contribution in [3.8, 4) is 0 Å². The molecule has 0 spiro atoms. The Hall–Kier alpha value is -1.85. The molecule has 1 atom stereocenters. The van der Waals surface area contributed by atoms with Gasteiger partial charge in [-0.05, 0) is 26.2 Å². The Morgan fingerprint density at radius 2 is 2.29 bits per heavy atom. The number of aliphatic carboxylic acids is 1. The van der Waals surface area contributed by atoms with Crippen LogP contribution in [0.5, 0.6) is 0 Å². The summed E-state index contributed by atoms with van der Waals surface area (Å²) in [6.07, 6.45) is 3.68. The van der Waals surface area contributed by atoms with E-state index in [9.17, 15) is 9.59 Å². The molecule has 1 amide bonds. The van der Waals surface area contributed by atoms with Crippen LogP contribution in [0.1, 0.15) is 35.3 Å². The number of piperidine rings is 1. The van der Waals surface area contributed by atoms with Crippen LogP contribution in [-0.2, 0) is 4.79 Å². The Bertz CT molecular complexity index is 441. The van der Waals surface area contributed by atoms with Gasteiger partial charge >= 0.3 is 5.97 Å². The van der Waals surface area contributed by atoms with Crippen molar-refractivity contribution in [3.05, 3.63) is 17.5 Å². The second-order valence-electron chi connectivity index (χ2n) is 4.26. The Balaban J connectivity index is 2.23. The van der Waals surface area contributed by atoms with Gasteiger partial charge in [-0.1, -0.05) is 0 Å². The Kier molecular flexibility index (Phi) is 3.12. The van der Waals surface area contributed by atoms with E-state index >= 15 is 0 Å². The first-order chi connectivity index (χ1) is 8.11. The zero-order chi connectivity index (χ0) is 12.4. The number of carboxylic acids is 1. The van der Waals surface area contributed by atoms with Gasteiger partial charge in [-0.3, -0.25) is 9.89 Å². The fraction of sp³-hybridized carbons (Fsp3) is 0.545. The van der Waals surface area contributed by atoms with Gasteiger partial charge in [0.1, 0.15) is 6.04 Å². The summed E-state index contributed by atoms with van der Waals surface area (Å²) in [5.41, 5.74) is 1.13. The molecule has 6 heteroatoms. The number of carbonyl (C=O) groups excluding carboxylic acids is 1. The number of carbonyl (C=O) groups is 2. The molecule has 0 saturated carbocycles. The summed E-state index contributed by atoms with van der Waals surface area (Å²) in [5, 5.41) is 15.6. The molecule has 0 unspecified atom stereocenters. The van der Waals surface area contributed by atoms with Crippen LogP contribution in [0, 0.1) is 6.92 Å². The van der Waals surface area contributed by atoms with Crippen molar-refractivity contribution >= 4 is 11.9 Å². The standard InChI is InChI=1S/C11H15N3O3/c1-7-8(6-12-13-7)10(15)14-5-3-2-4-9(14)11(16)17/h6,9H,2-5H2,1H3,(H,12,13)(H,16,17)/t9-/m0/s1. The second-order valence-corrected chi connectivity index (χ2v) is 4.26. The Morgan fingerprint density at radius 3 is 2.88 bits per heavy atom. The highest BCUT2D eigenvalue weighted by Crippen LogP contribution is 2.20. The normalized spacial score (nSPS) is 20.3. The SMILES string of the molecule is Cc1[nH]ncc1C(=O)N1CCCC[C@H]1C(=O)O. The minimum Gasteiger partial charge on any atom is -0.480 e. The molecule has 0 bridgehead atoms. The first kappa shape index (κ1) is 11.6. The van der Waals surface area contributed by atoms with Crippen molar-refractivity contribution in [1.82, 2.24) is 15.1 Å². The number of amides is 1. The molecular weight excluding hydrogens is 222 g/mol. The maximum atomic E-state index is 12.2. The van der Waals surface area contributed by atoms with Crippen LogP contribution in [0.3, 0.4) is 0 Å². The fourth-order valence-corrected chi connectivity index (χ4v) is 2.15. The molecule has 6 nitrogen and oxygen atoms in total. The van der Waals surface area contributed by atoms with Crippen molar-refractivity contribution < 1.29 is 14.7 Å². The molecule has 2 heterocycles. The zero-order valence-electron chi connectivity index (χ0n) is 9.64. The minimum atomic E-state index is -0.931. The molecule has 1 aliphatic rings. The first-order valence-electron chi connectivity index (χ1n) is 5.65. The third-order valence-corrected chi connectivity index (χ3v) is 3.11. The van der Waals surface area contributed by atoms with Crippen LogP contribution in [0.4, 0.5) is 0 Å². The number of aryl methyl sites for hydroxylation is 1. The summed E-state index contributed by atoms with van der Waals surface area (Å²) in [6.45, 7) is 2.25. The van der Waals surface area contributed by atoms with Crippen LogP contribution in [0.15, 0.2) is 6.20 Å². The van der Waals surface area contributed by atoms with Gasteiger partial charge in [-0.2, -0.15) is 5.10 Å². The van der Waals surface area contributed by atoms with E-state index in [4.69, 9.17) is 5.11 Å². The number of likely N-dealkylation sites (tertiary alicyclic amines) is 1. The molecule has 92 valence electrons. The van der Waals surface area contributed by atoms with Gasteiger partial charge in [-0.25, -0.2) is 4.79 Å². The Morgan fingerprint density at radius 1 is 1.53 bits per heavy atom. The zero-order valence-corrected chi connectivity index (χ0v) is 9.64. The van der Waals surface area contributed by atoms with E-state index < -0.39 is 12.0 Å². The maximum absolute atomic E-state index is 12.2. The summed E-state index contributed by atoms with van der Waals surface area (Å²) < 4.78 is 0. The number of hydrogen-bond donors (Lipinski definition) is 2. The molecular formula is C11H15N3O3. The van der Waals surface area contributed by atoms with E-state index in [-0.39, 0.29) is 5.91 Å². The average Bonchev–Trinajstić information content (AvgIpc) is 2.74. The van der Waals surface area contributed by atoms with Crippen LogP contribution < -0.4 is 0 Å². The van der Waals surface area contributed by atoms with Crippen LogP contribution in [0.2, 0.25) is 0 Å². The van der Waals surface area contributed by atoms with Gasteiger partial charge in [0, 0.05) is 12.2 Å². The summed E-state index contributed by atoms with van der Waals surface area (Å²) in [5.74, 6) is -1.18. The molecule has 1 saturated heterocycles. The van der Waals surface area contributed by atoms with Gasteiger partial charge < -0.3 is 10.0 Å². The highest BCUT2D eigenvalue weighted by atomic mass is 16.4. The van der Waals surface area contributed by atoms with Gasteiger partial charge in [0.05, 0.1) is 11.8 Å². The number of carboxylic acid groups (broad SMARTS) is 1. The van der Waals surface area contributed by atoms with E-state index in [2.05, 4.69) is 10.2 Å². The number of nitrogens with zero attached hydrogens (tertiary/aromatic N) is 2. The molecule has 1 aromatic rings. The van der Waals surface area contributed by atoms with Crippen molar-refractivity contribution in [1.29, 1.82) is 0 Å². The van der Waals surface area contributed by atoms with Crippen molar-refractivity contribution in [2.24, 2.45) is 0 Å². The van der Waals surface area contributed by atoms with Crippen molar-refractivity contribution in [2.75, 3.05) is 6.54 Å². The molecule has 1 aromatic heterocycles. The van der Waals surface area contributed by atoms with Gasteiger partial charge in [0.25, 0.3) is 5.91 Å². The fourth-order valence-electron chi connectivity index (χ4n) is 2.15. The molecule has 2 rings (SSSR count). The highest BCUT2D eigenvalue weighted by molar-refractivity contribution is 5.97. The molecule has 2 N–H and O–H groups in total. The van der Waals surface area contributed by atoms with E-state index in [1.54, 1.807) is 6.92 Å². The lowest BCUT2D eigenvalue weighted by Gasteiger charge is -2.32. The van der Waals surface area contributed by atoms with Crippen LogP contribution >= 0.6 is 0 Å². The lowest BCUT2D eigenvalue weighted by Crippen LogP contribution is -2.48. The number of H-pyrrole nitrogens is 1. The summed E-state index contributed by atoms with van der Waals surface area (Å²) in [6, 6.07) is -0.703. The predicted molar refractivity (Wildman–Crippen MR) is 59.6 cm³/mol. The van der Waals surface area contributed by atoms with Crippen molar-refractivity contribution in [2.45, 2.75) is 32.2 Å². The lowest BCUT2D eigenvalue weighted by molar-refractivity contribution is -0.143. The molecule has 1 fully saturated rings. The minimum absolute atomic E-state index is 0.247. The lowest BCUT2D eigenvalue weighted by atomic mass is 10.0. The van der Waals surface area contributed by atoms with E-state index in [0.29, 0.717) is 24.2 Å². The number of nitrogens with one attached hydrogen (secondary N) is 1. The number of hydrogen-bond acceptors (Lipinski definition) is 3. The summed E-state index contributed by atoms with van der Waals surface area (Å²) >= 11 is 0. The first-order valence-corrected chi connectivity index (χ1v) is 5.65. The number of aromatic nitrogens is 2. The summed E-state index contributed by atoms with van der Waals surface area (Å²) in [7, 11) is 0. The van der Waals surface area contributed by atoms with Gasteiger partial charge in [-0.15, -0.1) is 0 Å². The van der Waals surface area contributed by atoms with Gasteiger partial charge in [0.2, 0.25) is 0 Å². The van der Waals surface area contributed by atoms with E-state index in [1.165, 1.54) is 11.1 Å². The summed E-state index contributed by atoms with van der Waals surface area (Å²) in [4.78, 5) is 24.7. The predicted octanol–water partition coefficient (Wildman–Crippen LogP) is 0.797. The largest absolute Gasteiger partial charge is 0.480 e. The Labute approximate surface area is 98.6 Å². The molecule has 0 radical (unpaired) electrons. The number of aromatic amines is 1. The third-order valence-electron chi connectivity index (χ3n) is 3.11. The average molecular weight is 237 g/mol. The second kappa shape index (κ2) is 4.57. The molecule has 1 aliphatic heterocycles. The smallest absolute Gasteiger partial charge is 0.326 e. The third kappa shape index (κ3) is 2.15. The maximum Gasteiger partial charge on any atom is 0.326 e. The molecule has 17 heavy (non-hydrogen) atoms. The molecule has 0 aromatic carbocycles. The quantitative estimate of drug-likeness (QED) is 0.796. The van der Waals surface area contributed by atoms with Crippen molar-refractivity contribution in [3.63, 3.8) is 0 Å². The highest BCUT2D eigenvalue weighted by Gasteiger charge is 2.33. The van der Waals surface area contributed by atoms with E-state index in [0.717, 1.165) is 12.8 Å². The van der Waals surface area contributed by atoms with E-state index in [1.807, 2.05) is 0 Å². The van der Waals surface area contributed by atoms with Crippen LogP contribution in [0.25, 0.3) is 0 Å². The molecule has 0 aliphatic carbocycles. The monoisotopic (exact) mass is 237 g/mol. The topological polar surface area (TPSA) is 86.3 Å². The van der Waals surface area contributed by atoms with Gasteiger partial charge in [0.15, 0.2) is 0 Å². The van der Waals surface area contributed by atoms with Crippen LogP contribution in [-0.4, -0.2) is 44.7 Å². The number of rotatable bonds is 2.